The van der Waals surface area contributed by atoms with Crippen LogP contribution >= 0.6 is 15.9 Å². The molecule has 0 bridgehead atoms. The molecule has 38 heteroatoms. The lowest BCUT2D eigenvalue weighted by molar-refractivity contribution is -0.0554. The van der Waals surface area contributed by atoms with E-state index >= 15 is 0 Å². The van der Waals surface area contributed by atoms with Gasteiger partial charge in [0.05, 0.1) is 134 Å². The van der Waals surface area contributed by atoms with Gasteiger partial charge in [-0.25, -0.2) is 65.1 Å². The quantitative estimate of drug-likeness (QED) is 0.101. The third-order valence-corrected chi connectivity index (χ3v) is 25.9. The summed E-state index contributed by atoms with van der Waals surface area (Å²) in [5, 5.41) is 34.7. The Morgan fingerprint density at radius 3 is 0.910 bits per heavy atom. The van der Waals surface area contributed by atoms with Gasteiger partial charge in [0, 0.05) is 239 Å². The Morgan fingerprint density at radius 2 is 0.634 bits per heavy atom. The van der Waals surface area contributed by atoms with Crippen molar-refractivity contribution >= 4 is 111 Å². The highest BCUT2D eigenvalue weighted by Gasteiger charge is 2.55. The summed E-state index contributed by atoms with van der Waals surface area (Å²) in [5.74, 6) is -1.02. The number of ether oxygens (including phenoxy) is 6. The second kappa shape index (κ2) is 35.0. The van der Waals surface area contributed by atoms with Gasteiger partial charge >= 0.3 is 12.2 Å². The average molecular weight is 1890 g/mol. The van der Waals surface area contributed by atoms with Crippen LogP contribution in [-0.2, 0) is 9.47 Å². The first-order chi connectivity index (χ1) is 64.4. The second-order valence-corrected chi connectivity index (χ2v) is 38.5. The van der Waals surface area contributed by atoms with Crippen LogP contribution in [0.3, 0.4) is 0 Å². The molecule has 4 spiro atoms. The molecule has 33 nitrogen and oxygen atoms in total. The summed E-state index contributed by atoms with van der Waals surface area (Å²) in [6.07, 6.45) is 28.6. The number of nitrogens with one attached hydrogen (secondary N) is 2. The highest BCUT2D eigenvalue weighted by molar-refractivity contribution is 9.10. The van der Waals surface area contributed by atoms with Crippen molar-refractivity contribution in [3.05, 3.63) is 200 Å². The Bertz CT molecular complexity index is 7220. The number of halogens is 5. The summed E-state index contributed by atoms with van der Waals surface area (Å²) in [5.41, 5.74) is 15.8. The lowest BCUT2D eigenvalue weighted by atomic mass is 9.73. The van der Waals surface area contributed by atoms with Crippen LogP contribution in [0.5, 0.6) is 23.0 Å². The van der Waals surface area contributed by atoms with Gasteiger partial charge < -0.3 is 73.6 Å². The van der Waals surface area contributed by atoms with Crippen molar-refractivity contribution in [1.29, 1.82) is 0 Å². The molecule has 20 heterocycles. The summed E-state index contributed by atoms with van der Waals surface area (Å²) in [4.78, 5) is 72.3. The number of likely N-dealkylation sites (tertiary alicyclic amines) is 3. The van der Waals surface area contributed by atoms with E-state index in [4.69, 9.17) is 48.5 Å². The number of nitrogens with zero attached hydrogens (tertiary/aromatic N) is 22. The molecule has 8 saturated heterocycles. The molecule has 0 aliphatic carbocycles. The zero-order valence-electron chi connectivity index (χ0n) is 75.9. The molecule has 8 aliphatic rings. The van der Waals surface area contributed by atoms with E-state index in [1.807, 2.05) is 118 Å². The van der Waals surface area contributed by atoms with E-state index in [0.717, 1.165) is 185 Å². The van der Waals surface area contributed by atoms with Gasteiger partial charge in [0.25, 0.3) is 0 Å². The highest BCUT2D eigenvalue weighted by Crippen LogP contribution is 2.47. The van der Waals surface area contributed by atoms with Crippen molar-refractivity contribution in [2.24, 2.45) is 21.7 Å². The summed E-state index contributed by atoms with van der Waals surface area (Å²) in [7, 11) is 8.96. The monoisotopic (exact) mass is 1890 g/mol. The third kappa shape index (κ3) is 17.1. The first-order valence-electron chi connectivity index (χ1n) is 43.7. The Morgan fingerprint density at radius 1 is 0.366 bits per heavy atom. The molecule has 8 aliphatic heterocycles. The number of pyridine rings is 4. The lowest BCUT2D eigenvalue weighted by Crippen LogP contribution is -2.73. The number of carbonyl (C=O) groups is 2. The summed E-state index contributed by atoms with van der Waals surface area (Å²) >= 11 is 3.37. The fourth-order valence-electron chi connectivity index (χ4n) is 19.0. The number of carbonyl (C=O) groups excluding carboxylic acids is 2. The van der Waals surface area contributed by atoms with Crippen LogP contribution in [0.15, 0.2) is 176 Å². The van der Waals surface area contributed by atoms with Crippen molar-refractivity contribution < 1.29 is 60.7 Å². The summed E-state index contributed by atoms with van der Waals surface area (Å²) < 4.78 is 95.5. The Balaban J connectivity index is 0.000000110. The van der Waals surface area contributed by atoms with Crippen molar-refractivity contribution in [3.63, 3.8) is 0 Å². The first-order valence-corrected chi connectivity index (χ1v) is 44.5. The van der Waals surface area contributed by atoms with Crippen LogP contribution in [-0.4, -0.2) is 269 Å². The number of aliphatic hydroxyl groups is 1. The van der Waals surface area contributed by atoms with E-state index in [1.165, 1.54) is 65.8 Å². The fraction of sp³-hybridized carbons (Fsp3) is 0.354. The molecule has 12 aromatic heterocycles. The number of aliphatic hydroxyl groups excluding tert-OH is 1. The number of hydrogen-bond acceptors (Lipinski definition) is 27. The average Bonchev–Trinajstić information content (AvgIpc) is 1.59. The standard InChI is InChI=1S/C26H27FN6O3.C22H21FN6O.C21H19FN6O.C16H10BrFN4O.C10H18N2O2.CH4O/c1-25(2,3)36-24(34)32-14-26(15-32)12-31(13-26)16-9-29-23-19(10-30-33(23)11-16)17-5-6-28-21-8-20(27)22(35-4)7-18(17)21;1-27-10-22(11-27)12-28(13-22)14-7-25-21-17(8-26-29(21)9-14)15-3-4-24-19-6-18(23)20(30-2)5-16(15)19;1-29-19-4-15-14(2-3-24-18(15)5-17(19)22)16-7-26-28-8-13(6-25-20(16)28)27-11-21(12-27)9-23-10-21;1-23-15-4-11-10(2-3-19-14(11)5-13(15)18)12-7-21-22-8-9(17)6-20-16(12)22;1-9(2,3)14-8(13)12-6-10(7-12)4-11-5-10;1-2/h5-11H,12-15H2,1-4H3;3-9H,10-13H2,1-2H3;2-8,23H,9-12H2,1H3;2-8H,1H3;11H,4-7H2,1-3H3;2H,1H3. The van der Waals surface area contributed by atoms with Gasteiger partial charge in [-0.15, -0.1) is 0 Å². The summed E-state index contributed by atoms with van der Waals surface area (Å²) in [6.45, 7) is 27.0. The fourth-order valence-corrected chi connectivity index (χ4v) is 19.3. The molecule has 8 fully saturated rings. The molecule has 16 aromatic rings. The normalized spacial score (nSPS) is 16.8. The largest absolute Gasteiger partial charge is 0.494 e. The van der Waals surface area contributed by atoms with Gasteiger partial charge in [0.1, 0.15) is 11.2 Å². The van der Waals surface area contributed by atoms with E-state index in [9.17, 15) is 27.2 Å². The van der Waals surface area contributed by atoms with Crippen molar-refractivity contribution in [2.45, 2.75) is 52.7 Å². The molecule has 2 amide bonds. The van der Waals surface area contributed by atoms with Crippen molar-refractivity contribution in [2.75, 3.05) is 162 Å². The molecular formula is C96H99BrF4N24O9. The van der Waals surface area contributed by atoms with E-state index < -0.39 is 28.9 Å². The van der Waals surface area contributed by atoms with E-state index in [-0.39, 0.29) is 46.2 Å². The van der Waals surface area contributed by atoms with Crippen LogP contribution in [0.2, 0.25) is 0 Å². The van der Waals surface area contributed by atoms with E-state index in [1.54, 1.807) is 98.9 Å². The number of amides is 2. The highest BCUT2D eigenvalue weighted by atomic mass is 79.9. The smallest absolute Gasteiger partial charge is 0.410 e. The van der Waals surface area contributed by atoms with E-state index in [2.05, 4.69) is 98.5 Å². The van der Waals surface area contributed by atoms with Crippen LogP contribution in [0, 0.1) is 44.9 Å². The molecule has 3 N–H and O–H groups in total. The molecule has 4 aromatic carbocycles. The molecule has 0 saturated carbocycles. The molecular weight excluding hydrogens is 1790 g/mol. The number of aromatic nitrogens is 16. The topological polar surface area (TPSA) is 326 Å². The maximum Gasteiger partial charge on any atom is 0.410 e. The van der Waals surface area contributed by atoms with Crippen molar-refractivity contribution in [1.82, 2.24) is 104 Å². The minimum absolute atomic E-state index is 0.116. The van der Waals surface area contributed by atoms with Gasteiger partial charge in [0.15, 0.2) is 68.9 Å². The number of hydrogen-bond donors (Lipinski definition) is 3. The molecule has 134 heavy (non-hydrogen) atoms. The van der Waals surface area contributed by atoms with Crippen LogP contribution in [0.25, 0.3) is 111 Å². The first kappa shape index (κ1) is 89.4. The Hall–Kier alpha value is -13.8. The number of fused-ring (bicyclic) bond motifs is 8. The Kier molecular flexibility index (Phi) is 23.3. The second-order valence-electron chi connectivity index (χ2n) is 37.6. The van der Waals surface area contributed by atoms with Crippen LogP contribution < -0.4 is 44.3 Å². The number of benzene rings is 4. The van der Waals surface area contributed by atoms with E-state index in [0.29, 0.717) is 62.7 Å². The van der Waals surface area contributed by atoms with Crippen LogP contribution in [0.4, 0.5) is 44.2 Å². The van der Waals surface area contributed by atoms with Crippen molar-refractivity contribution in [3.8, 4) is 67.5 Å². The zero-order valence-corrected chi connectivity index (χ0v) is 77.5. The predicted molar refractivity (Wildman–Crippen MR) is 502 cm³/mol. The van der Waals surface area contributed by atoms with Gasteiger partial charge in [-0.05, 0) is 135 Å². The molecule has 692 valence electrons. The minimum Gasteiger partial charge on any atom is -0.494 e. The summed E-state index contributed by atoms with van der Waals surface area (Å²) in [6, 6.07) is 19.7. The molecule has 0 unspecified atom stereocenters. The molecule has 24 rings (SSSR count). The van der Waals surface area contributed by atoms with Gasteiger partial charge in [-0.1, -0.05) is 0 Å². The van der Waals surface area contributed by atoms with Gasteiger partial charge in [0.2, 0.25) is 0 Å². The maximum absolute atomic E-state index is 14.2. The molecule has 0 radical (unpaired) electrons. The maximum atomic E-state index is 14.2. The van der Waals surface area contributed by atoms with Gasteiger partial charge in [-0.2, -0.15) is 20.4 Å². The predicted octanol–water partition coefficient (Wildman–Crippen LogP) is 13.8. The third-order valence-electron chi connectivity index (χ3n) is 25.4. The van der Waals surface area contributed by atoms with Crippen LogP contribution in [0.1, 0.15) is 41.5 Å². The minimum atomic E-state index is -0.486. The lowest BCUT2D eigenvalue weighted by Gasteiger charge is -2.60. The number of anilines is 3. The Labute approximate surface area is 775 Å². The molecule has 0 atom stereocenters. The number of rotatable bonds is 11. The SMILES string of the molecule is CC(C)(C)OC(=O)N1CC2(CNC2)C1.CO.COc1cc2c(-c3cnn4cc(Br)cnc34)ccnc2cc1F.COc1cc2c(-c3cnn4cc(N5CC6(CN(C(=O)OC(C)(C)C)C6)C5)cnc34)ccnc2cc1F.COc1cc2c(-c3cnn4cc(N5CC6(CN(C)C6)C5)cnc34)ccnc2cc1F.COc1cc2c(-c3cnn4cc(N5CC6(CNC6)C5)cnc34)ccnc2cc1F. The number of methoxy groups -OCH3 is 4. The van der Waals surface area contributed by atoms with Gasteiger partial charge in [-0.3, -0.25) is 19.9 Å². The zero-order chi connectivity index (χ0) is 93.7.